The van der Waals surface area contributed by atoms with Crippen LogP contribution in [0.2, 0.25) is 0 Å². The predicted molar refractivity (Wildman–Crippen MR) is 64.7 cm³/mol. The maximum absolute atomic E-state index is 13.9. The van der Waals surface area contributed by atoms with Gasteiger partial charge >= 0.3 is 12.0 Å². The molecule has 106 valence electrons. The number of rotatable bonds is 2. The molecule has 1 N–H and O–H groups in total. The van der Waals surface area contributed by atoms with E-state index in [0.717, 1.165) is 0 Å². The molecule has 1 atom stereocenters. The van der Waals surface area contributed by atoms with E-state index in [-0.39, 0.29) is 18.7 Å². The number of piperidine rings is 1. The zero-order valence-electron chi connectivity index (χ0n) is 10.4. The smallest absolute Gasteiger partial charge is 0.407 e. The first-order valence-corrected chi connectivity index (χ1v) is 5.95. The molecule has 0 saturated carbocycles. The van der Waals surface area contributed by atoms with E-state index in [4.69, 9.17) is 15.1 Å². The molecule has 7 heteroatoms. The van der Waals surface area contributed by atoms with Gasteiger partial charge in [0.2, 0.25) is 0 Å². The van der Waals surface area contributed by atoms with Gasteiger partial charge in [-0.25, -0.2) is 13.6 Å². The summed E-state index contributed by atoms with van der Waals surface area (Å²) in [6, 6.07) is 7.83. The number of carboxylic acid groups (broad SMARTS) is 1. The number of amides is 1. The van der Waals surface area contributed by atoms with Gasteiger partial charge in [-0.05, 0) is 18.2 Å². The first-order valence-electron chi connectivity index (χ1n) is 5.95. The highest BCUT2D eigenvalue weighted by Crippen LogP contribution is 2.31. The number of carbonyl (C=O) groups is 1. The topological polar surface area (TPSA) is 73.6 Å². The average Bonchev–Trinajstić information content (AvgIpc) is 2.40. The molecule has 5 nitrogen and oxygen atoms in total. The van der Waals surface area contributed by atoms with Crippen LogP contribution in [0.25, 0.3) is 0 Å². The number of likely N-dealkylation sites (tertiary alicyclic amines) is 1. The van der Waals surface area contributed by atoms with Crippen molar-refractivity contribution in [2.45, 2.75) is 18.4 Å². The van der Waals surface area contributed by atoms with Crippen LogP contribution in [0.15, 0.2) is 24.3 Å². The number of hydrogen-bond donors (Lipinski definition) is 1. The summed E-state index contributed by atoms with van der Waals surface area (Å²) < 4.78 is 32.9. The van der Waals surface area contributed by atoms with Crippen molar-refractivity contribution in [2.75, 3.05) is 13.1 Å². The maximum atomic E-state index is 13.9. The highest BCUT2D eigenvalue weighted by molar-refractivity contribution is 5.65. The van der Waals surface area contributed by atoms with Crippen LogP contribution in [0.5, 0.6) is 5.75 Å². The van der Waals surface area contributed by atoms with E-state index in [1.165, 1.54) is 18.2 Å². The van der Waals surface area contributed by atoms with Gasteiger partial charge in [-0.2, -0.15) is 5.26 Å². The van der Waals surface area contributed by atoms with E-state index in [1.807, 2.05) is 6.07 Å². The molecule has 0 aliphatic carbocycles. The number of ether oxygens (including phenoxy) is 1. The van der Waals surface area contributed by atoms with E-state index in [0.29, 0.717) is 10.5 Å². The van der Waals surface area contributed by atoms with Crippen LogP contribution in [0.3, 0.4) is 0 Å². The van der Waals surface area contributed by atoms with Gasteiger partial charge in [-0.15, -0.1) is 0 Å². The molecular formula is C13H12F2N2O3. The SMILES string of the molecule is N#Cc1cccc(O[C@H]2CCN(C(=O)O)CC2(F)F)c1. The molecule has 1 aromatic rings. The molecule has 1 fully saturated rings. The lowest BCUT2D eigenvalue weighted by atomic mass is 10.0. The maximum Gasteiger partial charge on any atom is 0.407 e. The van der Waals surface area contributed by atoms with Crippen molar-refractivity contribution in [1.29, 1.82) is 5.26 Å². The fourth-order valence-corrected chi connectivity index (χ4v) is 2.03. The van der Waals surface area contributed by atoms with Crippen LogP contribution in [0.4, 0.5) is 13.6 Å². The Morgan fingerprint density at radius 3 is 2.90 bits per heavy atom. The molecule has 20 heavy (non-hydrogen) atoms. The Balaban J connectivity index is 2.10. The lowest BCUT2D eigenvalue weighted by Crippen LogP contribution is -2.55. The van der Waals surface area contributed by atoms with Crippen molar-refractivity contribution < 1.29 is 23.4 Å². The zero-order valence-corrected chi connectivity index (χ0v) is 10.4. The summed E-state index contributed by atoms with van der Waals surface area (Å²) in [6.45, 7) is -0.890. The van der Waals surface area contributed by atoms with Crippen molar-refractivity contribution >= 4 is 6.09 Å². The number of nitrogens with zero attached hydrogens (tertiary/aromatic N) is 2. The molecule has 1 aliphatic heterocycles. The van der Waals surface area contributed by atoms with Gasteiger partial charge < -0.3 is 14.7 Å². The van der Waals surface area contributed by atoms with Crippen LogP contribution in [0, 0.1) is 11.3 Å². The van der Waals surface area contributed by atoms with E-state index >= 15 is 0 Å². The third kappa shape index (κ3) is 2.96. The van der Waals surface area contributed by atoms with E-state index in [2.05, 4.69) is 0 Å². The van der Waals surface area contributed by atoms with Crippen LogP contribution in [0.1, 0.15) is 12.0 Å². The zero-order chi connectivity index (χ0) is 14.8. The van der Waals surface area contributed by atoms with Gasteiger partial charge in [0.15, 0.2) is 6.10 Å². The van der Waals surface area contributed by atoms with Gasteiger partial charge in [-0.1, -0.05) is 6.07 Å². The number of benzene rings is 1. The first kappa shape index (κ1) is 14.1. The van der Waals surface area contributed by atoms with Crippen LogP contribution in [-0.2, 0) is 0 Å². The van der Waals surface area contributed by atoms with Gasteiger partial charge in [0.05, 0.1) is 18.2 Å². The molecule has 2 rings (SSSR count). The second kappa shape index (κ2) is 5.33. The molecule has 1 amide bonds. The minimum Gasteiger partial charge on any atom is -0.484 e. The third-order valence-electron chi connectivity index (χ3n) is 3.05. The molecule has 1 saturated heterocycles. The van der Waals surface area contributed by atoms with Gasteiger partial charge in [-0.3, -0.25) is 0 Å². The largest absolute Gasteiger partial charge is 0.484 e. The number of hydrogen-bond acceptors (Lipinski definition) is 3. The molecular weight excluding hydrogens is 270 g/mol. The van der Waals surface area contributed by atoms with Crippen molar-refractivity contribution in [1.82, 2.24) is 4.90 Å². The molecule has 1 aromatic carbocycles. The Morgan fingerprint density at radius 1 is 1.55 bits per heavy atom. The average molecular weight is 282 g/mol. The summed E-state index contributed by atoms with van der Waals surface area (Å²) in [5.41, 5.74) is 0.314. The molecule has 1 aliphatic rings. The Labute approximate surface area is 114 Å². The Hall–Kier alpha value is -2.36. The Kier molecular flexibility index (Phi) is 3.74. The predicted octanol–water partition coefficient (Wildman–Crippen LogP) is 2.32. The van der Waals surface area contributed by atoms with Crippen molar-refractivity contribution in [3.8, 4) is 11.8 Å². The fourth-order valence-electron chi connectivity index (χ4n) is 2.03. The number of alkyl halides is 2. The van der Waals surface area contributed by atoms with Gasteiger partial charge in [0, 0.05) is 13.0 Å². The second-order valence-electron chi connectivity index (χ2n) is 4.50. The monoisotopic (exact) mass is 282 g/mol. The summed E-state index contributed by atoms with van der Waals surface area (Å²) in [5.74, 6) is -3.09. The lowest BCUT2D eigenvalue weighted by Gasteiger charge is -2.36. The number of halogens is 2. The highest BCUT2D eigenvalue weighted by atomic mass is 19.3. The van der Waals surface area contributed by atoms with Crippen LogP contribution in [-0.4, -0.2) is 41.2 Å². The van der Waals surface area contributed by atoms with Crippen molar-refractivity contribution in [2.24, 2.45) is 0 Å². The molecule has 0 aromatic heterocycles. The van der Waals surface area contributed by atoms with Crippen LogP contribution >= 0.6 is 0 Å². The highest BCUT2D eigenvalue weighted by Gasteiger charge is 2.47. The normalized spacial score (nSPS) is 21.1. The van der Waals surface area contributed by atoms with E-state index < -0.39 is 24.7 Å². The minimum atomic E-state index is -3.26. The van der Waals surface area contributed by atoms with Crippen molar-refractivity contribution in [3.63, 3.8) is 0 Å². The fraction of sp³-hybridized carbons (Fsp3) is 0.385. The minimum absolute atomic E-state index is 0.00642. The van der Waals surface area contributed by atoms with E-state index in [1.54, 1.807) is 6.07 Å². The Morgan fingerprint density at radius 2 is 2.30 bits per heavy atom. The number of nitriles is 1. The summed E-state index contributed by atoms with van der Waals surface area (Å²) in [6.07, 6.45) is -2.86. The van der Waals surface area contributed by atoms with Crippen molar-refractivity contribution in [3.05, 3.63) is 29.8 Å². The summed E-state index contributed by atoms with van der Waals surface area (Å²) in [7, 11) is 0. The first-order chi connectivity index (χ1) is 9.42. The molecule has 0 radical (unpaired) electrons. The molecule has 1 heterocycles. The summed E-state index contributed by atoms with van der Waals surface area (Å²) in [5, 5.41) is 17.5. The Bertz CT molecular complexity index is 557. The van der Waals surface area contributed by atoms with Gasteiger partial charge in [0.25, 0.3) is 0 Å². The van der Waals surface area contributed by atoms with E-state index in [9.17, 15) is 13.6 Å². The third-order valence-corrected chi connectivity index (χ3v) is 3.05. The lowest BCUT2D eigenvalue weighted by molar-refractivity contribution is -0.133. The molecule has 0 bridgehead atoms. The second-order valence-corrected chi connectivity index (χ2v) is 4.50. The molecule has 0 spiro atoms. The molecule has 0 unspecified atom stereocenters. The van der Waals surface area contributed by atoms with Gasteiger partial charge in [0.1, 0.15) is 5.75 Å². The quantitative estimate of drug-likeness (QED) is 0.903. The summed E-state index contributed by atoms with van der Waals surface area (Å²) >= 11 is 0. The standard InChI is InChI=1S/C13H12F2N2O3/c14-13(15)8-17(12(18)19)5-4-11(13)20-10-3-1-2-9(6-10)7-16/h1-3,6,11H,4-5,8H2,(H,18,19)/t11-/m0/s1. The van der Waals surface area contributed by atoms with Crippen LogP contribution < -0.4 is 4.74 Å². The summed E-state index contributed by atoms with van der Waals surface area (Å²) in [4.78, 5) is 11.4.